The molecule has 2 N–H and O–H groups in total. The van der Waals surface area contributed by atoms with Crippen LogP contribution >= 0.6 is 0 Å². The lowest BCUT2D eigenvalue weighted by Crippen LogP contribution is -2.43. The fourth-order valence-corrected chi connectivity index (χ4v) is 1.40. The van der Waals surface area contributed by atoms with Gasteiger partial charge in [0.2, 0.25) is 11.8 Å². The summed E-state index contributed by atoms with van der Waals surface area (Å²) in [5.74, 6) is -0.387. The summed E-state index contributed by atoms with van der Waals surface area (Å²) in [5.41, 5.74) is 0. The van der Waals surface area contributed by atoms with Crippen LogP contribution in [0.5, 0.6) is 0 Å². The molecule has 1 aliphatic rings. The molecule has 1 heterocycles. The Morgan fingerprint density at radius 2 is 2.53 bits per heavy atom. The number of piperidine rings is 1. The van der Waals surface area contributed by atoms with E-state index in [2.05, 4.69) is 10.6 Å². The molecule has 0 radical (unpaired) electrons. The largest absolute Gasteiger partial charge is 0.355 e. The van der Waals surface area contributed by atoms with Crippen LogP contribution in [-0.2, 0) is 9.59 Å². The maximum absolute atomic E-state index is 11.6. The number of nitrogens with one attached hydrogen (secondary N) is 2. The Labute approximate surface area is 88.8 Å². The van der Waals surface area contributed by atoms with Gasteiger partial charge in [-0.05, 0) is 13.3 Å². The fraction of sp³-hybridized carbons (Fsp3) is 0.700. The lowest BCUT2D eigenvalue weighted by atomic mass is 9.98. The summed E-state index contributed by atoms with van der Waals surface area (Å²) >= 11 is 0. The first-order valence-corrected chi connectivity index (χ1v) is 5.07. The molecule has 0 aromatic carbocycles. The minimum atomic E-state index is -0.174. The Balaban J connectivity index is 2.29. The zero-order valence-corrected chi connectivity index (χ0v) is 8.75. The first-order chi connectivity index (χ1) is 7.13. The van der Waals surface area contributed by atoms with Crippen molar-refractivity contribution in [2.45, 2.75) is 19.8 Å². The summed E-state index contributed by atoms with van der Waals surface area (Å²) in [4.78, 5) is 22.4. The molecule has 2 atom stereocenters. The first kappa shape index (κ1) is 11.5. The van der Waals surface area contributed by atoms with Crippen molar-refractivity contribution in [1.29, 1.82) is 5.26 Å². The third-order valence-corrected chi connectivity index (χ3v) is 2.44. The molecule has 0 spiro atoms. The van der Waals surface area contributed by atoms with E-state index in [0.717, 1.165) is 0 Å². The number of carbonyl (C=O) groups excluding carboxylic acids is 2. The van der Waals surface area contributed by atoms with Crippen LogP contribution < -0.4 is 10.6 Å². The van der Waals surface area contributed by atoms with Crippen LogP contribution in [0.2, 0.25) is 0 Å². The summed E-state index contributed by atoms with van der Waals surface area (Å²) < 4.78 is 0. The van der Waals surface area contributed by atoms with Crippen molar-refractivity contribution in [3.63, 3.8) is 0 Å². The van der Waals surface area contributed by atoms with E-state index in [0.29, 0.717) is 25.9 Å². The molecule has 0 saturated carbocycles. The molecular formula is C10H15N3O2. The van der Waals surface area contributed by atoms with E-state index in [1.165, 1.54) is 0 Å². The highest BCUT2D eigenvalue weighted by Gasteiger charge is 2.24. The summed E-state index contributed by atoms with van der Waals surface area (Å²) in [6.07, 6.45) is 1.00. The predicted octanol–water partition coefficient (Wildman–Crippen LogP) is -0.212. The monoisotopic (exact) mass is 209 g/mol. The Morgan fingerprint density at radius 3 is 3.07 bits per heavy atom. The number of carbonyl (C=O) groups is 2. The molecular weight excluding hydrogens is 194 g/mol. The number of amides is 2. The van der Waals surface area contributed by atoms with E-state index in [4.69, 9.17) is 5.26 Å². The molecule has 1 saturated heterocycles. The Bertz CT molecular complexity index is 286. The minimum absolute atomic E-state index is 0.00411. The van der Waals surface area contributed by atoms with Gasteiger partial charge in [0.15, 0.2) is 0 Å². The first-order valence-electron chi connectivity index (χ1n) is 5.07. The third kappa shape index (κ3) is 3.58. The Hall–Kier alpha value is -1.57. The van der Waals surface area contributed by atoms with Gasteiger partial charge in [0.1, 0.15) is 0 Å². The van der Waals surface area contributed by atoms with E-state index in [-0.39, 0.29) is 23.7 Å². The highest BCUT2D eigenvalue weighted by atomic mass is 16.2. The molecule has 82 valence electrons. The topological polar surface area (TPSA) is 82.0 Å². The zero-order valence-electron chi connectivity index (χ0n) is 8.75. The zero-order chi connectivity index (χ0) is 11.3. The summed E-state index contributed by atoms with van der Waals surface area (Å²) in [7, 11) is 0. The second-order valence-electron chi connectivity index (χ2n) is 3.81. The van der Waals surface area contributed by atoms with E-state index < -0.39 is 0 Å². The van der Waals surface area contributed by atoms with Gasteiger partial charge in [0.25, 0.3) is 0 Å². The van der Waals surface area contributed by atoms with Gasteiger partial charge < -0.3 is 10.6 Å². The second kappa shape index (κ2) is 5.35. The lowest BCUT2D eigenvalue weighted by molar-refractivity contribution is -0.129. The maximum atomic E-state index is 11.6. The van der Waals surface area contributed by atoms with Crippen LogP contribution in [0.3, 0.4) is 0 Å². The van der Waals surface area contributed by atoms with Gasteiger partial charge in [0, 0.05) is 19.5 Å². The van der Waals surface area contributed by atoms with Gasteiger partial charge in [-0.1, -0.05) is 0 Å². The van der Waals surface area contributed by atoms with Crippen LogP contribution in [0.25, 0.3) is 0 Å². The van der Waals surface area contributed by atoms with Crippen LogP contribution in [-0.4, -0.2) is 24.9 Å². The third-order valence-electron chi connectivity index (χ3n) is 2.44. The number of rotatable bonds is 3. The minimum Gasteiger partial charge on any atom is -0.355 e. The molecule has 0 aromatic heterocycles. The molecule has 1 rings (SSSR count). The number of hydrogen-bond donors (Lipinski definition) is 2. The van der Waals surface area contributed by atoms with Crippen molar-refractivity contribution < 1.29 is 9.59 Å². The molecule has 5 nitrogen and oxygen atoms in total. The molecule has 5 heteroatoms. The van der Waals surface area contributed by atoms with Gasteiger partial charge in [-0.2, -0.15) is 5.26 Å². The average Bonchev–Trinajstić information content (AvgIpc) is 2.26. The van der Waals surface area contributed by atoms with E-state index in [1.54, 1.807) is 6.92 Å². The average molecular weight is 209 g/mol. The second-order valence-corrected chi connectivity index (χ2v) is 3.81. The predicted molar refractivity (Wildman–Crippen MR) is 53.5 cm³/mol. The number of hydrogen-bond acceptors (Lipinski definition) is 3. The molecule has 0 aliphatic carbocycles. The van der Waals surface area contributed by atoms with E-state index >= 15 is 0 Å². The Morgan fingerprint density at radius 1 is 1.80 bits per heavy atom. The molecule has 1 aliphatic heterocycles. The molecule has 0 bridgehead atoms. The van der Waals surface area contributed by atoms with Crippen molar-refractivity contribution in [2.24, 2.45) is 11.8 Å². The van der Waals surface area contributed by atoms with E-state index in [1.807, 2.05) is 6.07 Å². The maximum Gasteiger partial charge on any atom is 0.224 e. The van der Waals surface area contributed by atoms with Gasteiger partial charge in [0.05, 0.1) is 17.9 Å². The summed E-state index contributed by atoms with van der Waals surface area (Å²) in [5, 5.41) is 13.9. The molecule has 2 unspecified atom stereocenters. The lowest BCUT2D eigenvalue weighted by Gasteiger charge is -2.21. The molecule has 1 fully saturated rings. The fourth-order valence-electron chi connectivity index (χ4n) is 1.40. The Kier molecular flexibility index (Phi) is 4.10. The number of nitrogens with zero attached hydrogens (tertiary/aromatic N) is 1. The normalized spacial score (nSPS) is 22.4. The SMILES string of the molecule is CC(C#N)CNC(=O)C1CCC(=O)NC1. The standard InChI is InChI=1S/C10H15N3O2/c1-7(4-11)5-13-10(15)8-2-3-9(14)12-6-8/h7-8H,2-3,5-6H2,1H3,(H,12,14)(H,13,15). The van der Waals surface area contributed by atoms with Gasteiger partial charge >= 0.3 is 0 Å². The summed E-state index contributed by atoms with van der Waals surface area (Å²) in [6.45, 7) is 2.54. The van der Waals surface area contributed by atoms with Crippen molar-refractivity contribution in [1.82, 2.24) is 10.6 Å². The van der Waals surface area contributed by atoms with Crippen molar-refractivity contribution in [3.05, 3.63) is 0 Å². The summed E-state index contributed by atoms with van der Waals surface area (Å²) in [6, 6.07) is 2.05. The van der Waals surface area contributed by atoms with Crippen LogP contribution in [0.15, 0.2) is 0 Å². The van der Waals surface area contributed by atoms with Crippen LogP contribution in [0.4, 0.5) is 0 Å². The van der Waals surface area contributed by atoms with Crippen molar-refractivity contribution in [2.75, 3.05) is 13.1 Å². The van der Waals surface area contributed by atoms with Crippen LogP contribution in [0.1, 0.15) is 19.8 Å². The molecule has 15 heavy (non-hydrogen) atoms. The van der Waals surface area contributed by atoms with Gasteiger partial charge in [-0.15, -0.1) is 0 Å². The number of nitriles is 1. The van der Waals surface area contributed by atoms with Gasteiger partial charge in [-0.25, -0.2) is 0 Å². The molecule has 2 amide bonds. The quantitative estimate of drug-likeness (QED) is 0.674. The van der Waals surface area contributed by atoms with Crippen molar-refractivity contribution in [3.8, 4) is 6.07 Å². The highest BCUT2D eigenvalue weighted by molar-refractivity contribution is 5.83. The van der Waals surface area contributed by atoms with Crippen LogP contribution in [0, 0.1) is 23.2 Å². The van der Waals surface area contributed by atoms with Gasteiger partial charge in [-0.3, -0.25) is 9.59 Å². The van der Waals surface area contributed by atoms with E-state index in [9.17, 15) is 9.59 Å². The molecule has 0 aromatic rings. The smallest absolute Gasteiger partial charge is 0.224 e. The highest BCUT2D eigenvalue weighted by Crippen LogP contribution is 2.10. The van der Waals surface area contributed by atoms with Crippen molar-refractivity contribution >= 4 is 11.8 Å².